The Morgan fingerprint density at radius 1 is 1.24 bits per heavy atom. The number of carbonyl (C=O) groups excluding carboxylic acids is 1. The average Bonchev–Trinajstić information content (AvgIpc) is 2.61. The van der Waals surface area contributed by atoms with Gasteiger partial charge in [-0.3, -0.25) is 14.9 Å². The maximum absolute atomic E-state index is 12.5. The van der Waals surface area contributed by atoms with Gasteiger partial charge in [0.25, 0.3) is 11.6 Å². The number of nitrogens with one attached hydrogen (secondary N) is 2. The van der Waals surface area contributed by atoms with E-state index < -0.39 is 10.8 Å². The van der Waals surface area contributed by atoms with Crippen molar-refractivity contribution < 1.29 is 14.5 Å². The second-order valence-corrected chi connectivity index (χ2v) is 5.52. The lowest BCUT2D eigenvalue weighted by Crippen LogP contribution is -2.38. The predicted molar refractivity (Wildman–Crippen MR) is 95.1 cm³/mol. The van der Waals surface area contributed by atoms with Gasteiger partial charge in [-0.15, -0.1) is 0 Å². The Morgan fingerprint density at radius 3 is 2.60 bits per heavy atom. The first kappa shape index (κ1) is 18.4. The van der Waals surface area contributed by atoms with E-state index in [9.17, 15) is 14.9 Å². The number of hydrogen-bond acceptors (Lipinski definition) is 5. The van der Waals surface area contributed by atoms with Gasteiger partial charge in [0, 0.05) is 24.7 Å². The molecule has 0 aliphatic heterocycles. The molecule has 0 fully saturated rings. The third kappa shape index (κ3) is 5.29. The van der Waals surface area contributed by atoms with Crippen LogP contribution in [0, 0.1) is 10.1 Å². The van der Waals surface area contributed by atoms with E-state index in [1.807, 2.05) is 19.9 Å². The summed E-state index contributed by atoms with van der Waals surface area (Å²) < 4.78 is 5.72. The van der Waals surface area contributed by atoms with Crippen LogP contribution in [0.5, 0.6) is 11.5 Å². The van der Waals surface area contributed by atoms with Crippen LogP contribution in [0.1, 0.15) is 24.2 Å². The van der Waals surface area contributed by atoms with Gasteiger partial charge in [-0.1, -0.05) is 25.1 Å². The highest BCUT2D eigenvalue weighted by Crippen LogP contribution is 2.28. The average molecular weight is 343 g/mol. The molecule has 0 radical (unpaired) electrons. The molecular formula is C18H21N3O4. The van der Waals surface area contributed by atoms with Crippen molar-refractivity contribution in [1.82, 2.24) is 10.6 Å². The fourth-order valence-corrected chi connectivity index (χ4v) is 2.28. The van der Waals surface area contributed by atoms with Crippen LogP contribution in [0.15, 0.2) is 48.5 Å². The van der Waals surface area contributed by atoms with E-state index in [0.717, 1.165) is 6.54 Å². The number of benzene rings is 2. The van der Waals surface area contributed by atoms with Crippen molar-refractivity contribution >= 4 is 11.6 Å². The first-order chi connectivity index (χ1) is 12.0. The fraction of sp³-hybridized carbons (Fsp3) is 0.278. The van der Waals surface area contributed by atoms with Crippen molar-refractivity contribution in [2.75, 3.05) is 13.1 Å². The summed E-state index contributed by atoms with van der Waals surface area (Å²) >= 11 is 0. The number of nitro groups is 1. The minimum atomic E-state index is -0.537. The van der Waals surface area contributed by atoms with E-state index >= 15 is 0 Å². The molecule has 0 heterocycles. The van der Waals surface area contributed by atoms with E-state index in [2.05, 4.69) is 10.6 Å². The Balaban J connectivity index is 2.24. The highest BCUT2D eigenvalue weighted by Gasteiger charge is 2.18. The molecule has 25 heavy (non-hydrogen) atoms. The maximum Gasteiger partial charge on any atom is 0.270 e. The van der Waals surface area contributed by atoms with Crippen LogP contribution >= 0.6 is 0 Å². The lowest BCUT2D eigenvalue weighted by atomic mass is 10.1. The fourth-order valence-electron chi connectivity index (χ4n) is 2.28. The van der Waals surface area contributed by atoms with Gasteiger partial charge in [-0.2, -0.15) is 0 Å². The largest absolute Gasteiger partial charge is 0.457 e. The number of ether oxygens (including phenoxy) is 1. The lowest BCUT2D eigenvalue weighted by molar-refractivity contribution is -0.384. The number of hydrogen-bond donors (Lipinski definition) is 2. The van der Waals surface area contributed by atoms with Gasteiger partial charge in [0.15, 0.2) is 0 Å². The molecule has 0 aromatic heterocycles. The molecule has 2 aromatic carbocycles. The van der Waals surface area contributed by atoms with E-state index in [0.29, 0.717) is 12.3 Å². The molecule has 7 heteroatoms. The summed E-state index contributed by atoms with van der Waals surface area (Å²) in [5.74, 6) is 0.399. The van der Waals surface area contributed by atoms with Crippen LogP contribution in [-0.4, -0.2) is 30.0 Å². The maximum atomic E-state index is 12.5. The van der Waals surface area contributed by atoms with Crippen molar-refractivity contribution in [2.24, 2.45) is 0 Å². The van der Waals surface area contributed by atoms with E-state index in [1.54, 1.807) is 24.3 Å². The number of nitrogens with zero attached hydrogens (tertiary/aromatic N) is 1. The summed E-state index contributed by atoms with van der Waals surface area (Å²) in [6.45, 7) is 5.11. The summed E-state index contributed by atoms with van der Waals surface area (Å²) in [5.41, 5.74) is -0.0351. The Kier molecular flexibility index (Phi) is 6.47. The second kappa shape index (κ2) is 8.79. The number of nitro benzene ring substituents is 1. The topological polar surface area (TPSA) is 93.5 Å². The molecule has 132 valence electrons. The first-order valence-electron chi connectivity index (χ1n) is 8.04. The van der Waals surface area contributed by atoms with Gasteiger partial charge in [0.05, 0.1) is 10.5 Å². The molecule has 2 N–H and O–H groups in total. The Labute approximate surface area is 146 Å². The molecule has 2 aromatic rings. The molecule has 1 atom stereocenters. The van der Waals surface area contributed by atoms with Crippen LogP contribution in [0.4, 0.5) is 5.69 Å². The van der Waals surface area contributed by atoms with Gasteiger partial charge in [-0.05, 0) is 31.7 Å². The summed E-state index contributed by atoms with van der Waals surface area (Å²) in [6.07, 6.45) is 0. The quantitative estimate of drug-likeness (QED) is 0.567. The minimum absolute atomic E-state index is 0.0890. The standard InChI is InChI=1S/C18H21N3O4/c1-3-19-13(2)12-20-18(22)16-11-14(21(23)24)9-10-17(16)25-15-7-5-4-6-8-15/h4-11,13,19H,3,12H2,1-2H3,(H,20,22)/t13-/m1/s1. The molecule has 0 saturated carbocycles. The smallest absolute Gasteiger partial charge is 0.270 e. The van der Waals surface area contributed by atoms with Crippen molar-refractivity contribution in [3.05, 3.63) is 64.2 Å². The number of para-hydroxylation sites is 1. The molecule has 2 rings (SSSR count). The number of carbonyl (C=O) groups is 1. The highest BCUT2D eigenvalue weighted by molar-refractivity contribution is 5.97. The third-order valence-corrected chi connectivity index (χ3v) is 3.51. The van der Waals surface area contributed by atoms with Crippen LogP contribution in [-0.2, 0) is 0 Å². The zero-order valence-corrected chi connectivity index (χ0v) is 14.2. The van der Waals surface area contributed by atoms with Crippen LogP contribution in [0.25, 0.3) is 0 Å². The van der Waals surface area contributed by atoms with Crippen molar-refractivity contribution in [3.63, 3.8) is 0 Å². The summed E-state index contributed by atoms with van der Waals surface area (Å²) in [5, 5.41) is 17.0. The van der Waals surface area contributed by atoms with Gasteiger partial charge >= 0.3 is 0 Å². The Hall–Kier alpha value is -2.93. The number of amides is 1. The van der Waals surface area contributed by atoms with Crippen LogP contribution in [0.3, 0.4) is 0 Å². The molecule has 7 nitrogen and oxygen atoms in total. The van der Waals surface area contributed by atoms with Gasteiger partial charge in [0.1, 0.15) is 11.5 Å². The Bertz CT molecular complexity index is 734. The highest BCUT2D eigenvalue weighted by atomic mass is 16.6. The lowest BCUT2D eigenvalue weighted by Gasteiger charge is -2.15. The summed E-state index contributed by atoms with van der Waals surface area (Å²) in [4.78, 5) is 23.0. The van der Waals surface area contributed by atoms with Crippen molar-refractivity contribution in [1.29, 1.82) is 0 Å². The van der Waals surface area contributed by atoms with Crippen LogP contribution in [0.2, 0.25) is 0 Å². The van der Waals surface area contributed by atoms with Crippen molar-refractivity contribution in [3.8, 4) is 11.5 Å². The molecular weight excluding hydrogens is 322 g/mol. The monoisotopic (exact) mass is 343 g/mol. The van der Waals surface area contributed by atoms with E-state index in [-0.39, 0.29) is 23.0 Å². The molecule has 0 aliphatic rings. The Morgan fingerprint density at radius 2 is 1.96 bits per heavy atom. The normalized spacial score (nSPS) is 11.6. The van der Waals surface area contributed by atoms with Gasteiger partial charge < -0.3 is 15.4 Å². The zero-order valence-electron chi connectivity index (χ0n) is 14.2. The number of non-ortho nitro benzene ring substituents is 1. The first-order valence-corrected chi connectivity index (χ1v) is 8.04. The second-order valence-electron chi connectivity index (χ2n) is 5.52. The number of rotatable bonds is 8. The van der Waals surface area contributed by atoms with E-state index in [4.69, 9.17) is 4.74 Å². The van der Waals surface area contributed by atoms with E-state index in [1.165, 1.54) is 18.2 Å². The van der Waals surface area contributed by atoms with Crippen LogP contribution < -0.4 is 15.4 Å². The molecule has 0 saturated heterocycles. The SMILES string of the molecule is CCN[C@H](C)CNC(=O)c1cc([N+](=O)[O-])ccc1Oc1ccccc1. The van der Waals surface area contributed by atoms with Gasteiger partial charge in [-0.25, -0.2) is 0 Å². The molecule has 0 aliphatic carbocycles. The van der Waals surface area contributed by atoms with Gasteiger partial charge in [0.2, 0.25) is 0 Å². The molecule has 1 amide bonds. The minimum Gasteiger partial charge on any atom is -0.457 e. The third-order valence-electron chi connectivity index (χ3n) is 3.51. The summed E-state index contributed by atoms with van der Waals surface area (Å²) in [6, 6.07) is 13.0. The zero-order chi connectivity index (χ0) is 18.2. The number of likely N-dealkylation sites (N-methyl/N-ethyl adjacent to an activating group) is 1. The predicted octanol–water partition coefficient (Wildman–Crippen LogP) is 3.11. The summed E-state index contributed by atoms with van der Waals surface area (Å²) in [7, 11) is 0. The molecule has 0 bridgehead atoms. The molecule has 0 unspecified atom stereocenters. The molecule has 0 spiro atoms. The van der Waals surface area contributed by atoms with Crippen molar-refractivity contribution in [2.45, 2.75) is 19.9 Å².